The summed E-state index contributed by atoms with van der Waals surface area (Å²) < 4.78 is 0. The average Bonchev–Trinajstić information content (AvgIpc) is 3.19. The van der Waals surface area contributed by atoms with Crippen LogP contribution >= 0.6 is 0 Å². The Labute approximate surface area is 153 Å². The fourth-order valence-corrected chi connectivity index (χ4v) is 3.62. The number of piperidine rings is 1. The van der Waals surface area contributed by atoms with E-state index in [4.69, 9.17) is 0 Å². The summed E-state index contributed by atoms with van der Waals surface area (Å²) in [5.74, 6) is 0.266. The van der Waals surface area contributed by atoms with E-state index in [2.05, 4.69) is 46.4 Å². The lowest BCUT2D eigenvalue weighted by Gasteiger charge is -2.32. The molecule has 1 aliphatic heterocycles. The molecule has 4 rings (SSSR count). The van der Waals surface area contributed by atoms with Gasteiger partial charge in [-0.05, 0) is 37.5 Å². The summed E-state index contributed by atoms with van der Waals surface area (Å²) in [5, 5.41) is 7.47. The van der Waals surface area contributed by atoms with E-state index in [9.17, 15) is 4.79 Å². The van der Waals surface area contributed by atoms with Crippen molar-refractivity contribution in [1.82, 2.24) is 20.1 Å². The Morgan fingerprint density at radius 1 is 1.19 bits per heavy atom. The van der Waals surface area contributed by atoms with Gasteiger partial charge in [-0.15, -0.1) is 0 Å². The molecule has 0 saturated carbocycles. The van der Waals surface area contributed by atoms with Gasteiger partial charge in [-0.25, -0.2) is 0 Å². The van der Waals surface area contributed by atoms with Gasteiger partial charge in [0, 0.05) is 36.5 Å². The highest BCUT2D eigenvalue weighted by molar-refractivity contribution is 5.92. The van der Waals surface area contributed by atoms with Crippen LogP contribution in [0.1, 0.15) is 40.5 Å². The van der Waals surface area contributed by atoms with Crippen LogP contribution in [0, 0.1) is 6.92 Å². The Hall–Kier alpha value is -2.95. The van der Waals surface area contributed by atoms with Gasteiger partial charge >= 0.3 is 0 Å². The summed E-state index contributed by atoms with van der Waals surface area (Å²) in [6.07, 6.45) is 5.58. The van der Waals surface area contributed by atoms with Crippen molar-refractivity contribution < 1.29 is 4.79 Å². The first-order valence-corrected chi connectivity index (χ1v) is 9.03. The molecule has 5 heteroatoms. The second-order valence-corrected chi connectivity index (χ2v) is 6.87. The quantitative estimate of drug-likeness (QED) is 0.785. The number of rotatable bonds is 3. The third-order valence-corrected chi connectivity index (χ3v) is 5.03. The molecule has 1 aliphatic rings. The van der Waals surface area contributed by atoms with Crippen LogP contribution in [0.15, 0.2) is 54.9 Å². The van der Waals surface area contributed by atoms with Crippen LogP contribution in [0.3, 0.4) is 0 Å². The highest BCUT2D eigenvalue weighted by Gasteiger charge is 2.28. The molecular weight excluding hydrogens is 324 g/mol. The minimum absolute atomic E-state index is 0.00620. The normalized spacial score (nSPS) is 17.3. The zero-order valence-corrected chi connectivity index (χ0v) is 14.9. The van der Waals surface area contributed by atoms with Gasteiger partial charge in [-0.3, -0.25) is 14.9 Å². The molecule has 0 spiro atoms. The van der Waals surface area contributed by atoms with Crippen molar-refractivity contribution in [2.24, 2.45) is 0 Å². The predicted molar refractivity (Wildman–Crippen MR) is 101 cm³/mol. The number of carbonyl (C=O) groups is 1. The maximum absolute atomic E-state index is 12.7. The lowest BCUT2D eigenvalue weighted by Crippen LogP contribution is -2.39. The Bertz CT molecular complexity index is 886. The first kappa shape index (κ1) is 16.5. The van der Waals surface area contributed by atoms with Crippen LogP contribution in [0.5, 0.6) is 0 Å². The van der Waals surface area contributed by atoms with E-state index in [0.29, 0.717) is 12.2 Å². The van der Waals surface area contributed by atoms with E-state index >= 15 is 0 Å². The molecule has 1 unspecified atom stereocenters. The Morgan fingerprint density at radius 2 is 2.04 bits per heavy atom. The number of H-pyrrole nitrogens is 1. The van der Waals surface area contributed by atoms with Crippen LogP contribution in [0.4, 0.5) is 0 Å². The van der Waals surface area contributed by atoms with Gasteiger partial charge in [0.05, 0.1) is 6.20 Å². The lowest BCUT2D eigenvalue weighted by atomic mass is 9.90. The van der Waals surface area contributed by atoms with Crippen molar-refractivity contribution in [3.63, 3.8) is 0 Å². The maximum Gasteiger partial charge on any atom is 0.272 e. The molecule has 1 atom stereocenters. The standard InChI is InChI=1S/C21H22N4O/c1-15-7-9-16(10-8-15)18-13-23-24-20(18)17-5-4-12-25(14-17)21(26)19-6-2-3-11-22-19/h2-3,6-11,13,17H,4-5,12,14H2,1H3,(H,23,24). The van der Waals surface area contributed by atoms with Crippen LogP contribution < -0.4 is 0 Å². The zero-order valence-electron chi connectivity index (χ0n) is 14.9. The largest absolute Gasteiger partial charge is 0.337 e. The number of nitrogens with zero attached hydrogens (tertiary/aromatic N) is 3. The number of carbonyl (C=O) groups excluding carboxylic acids is 1. The minimum atomic E-state index is 0.00620. The molecule has 3 heterocycles. The third-order valence-electron chi connectivity index (χ3n) is 5.03. The number of aryl methyl sites for hydroxylation is 1. The van der Waals surface area contributed by atoms with Gasteiger partial charge in [0.15, 0.2) is 0 Å². The van der Waals surface area contributed by atoms with Crippen molar-refractivity contribution in [2.75, 3.05) is 13.1 Å². The first-order valence-electron chi connectivity index (χ1n) is 9.03. The van der Waals surface area contributed by atoms with E-state index in [1.54, 1.807) is 12.3 Å². The van der Waals surface area contributed by atoms with Crippen LogP contribution in [-0.4, -0.2) is 39.1 Å². The number of amides is 1. The second kappa shape index (κ2) is 7.12. The van der Waals surface area contributed by atoms with Crippen molar-refractivity contribution >= 4 is 5.91 Å². The number of pyridine rings is 1. The van der Waals surface area contributed by atoms with Crippen molar-refractivity contribution in [3.8, 4) is 11.1 Å². The van der Waals surface area contributed by atoms with E-state index in [1.165, 1.54) is 5.56 Å². The smallest absolute Gasteiger partial charge is 0.272 e. The number of nitrogens with one attached hydrogen (secondary N) is 1. The number of aromatic amines is 1. The van der Waals surface area contributed by atoms with E-state index < -0.39 is 0 Å². The number of hydrogen-bond donors (Lipinski definition) is 1. The molecule has 1 amide bonds. The first-order chi connectivity index (χ1) is 12.7. The summed E-state index contributed by atoms with van der Waals surface area (Å²) in [4.78, 5) is 18.9. The summed E-state index contributed by atoms with van der Waals surface area (Å²) in [6.45, 7) is 3.55. The van der Waals surface area contributed by atoms with Gasteiger partial charge in [0.1, 0.15) is 5.69 Å². The van der Waals surface area contributed by atoms with Gasteiger partial charge < -0.3 is 4.90 Å². The number of likely N-dealkylation sites (tertiary alicyclic amines) is 1. The number of hydrogen-bond acceptors (Lipinski definition) is 3. The molecule has 5 nitrogen and oxygen atoms in total. The van der Waals surface area contributed by atoms with Gasteiger partial charge in [-0.1, -0.05) is 35.9 Å². The zero-order chi connectivity index (χ0) is 17.9. The molecule has 0 radical (unpaired) electrons. The number of benzene rings is 1. The van der Waals surface area contributed by atoms with Crippen molar-refractivity contribution in [2.45, 2.75) is 25.7 Å². The predicted octanol–water partition coefficient (Wildman–Crippen LogP) is 3.80. The Kier molecular flexibility index (Phi) is 4.52. The molecule has 26 heavy (non-hydrogen) atoms. The molecule has 1 fully saturated rings. The minimum Gasteiger partial charge on any atom is -0.337 e. The van der Waals surface area contributed by atoms with E-state index in [0.717, 1.165) is 36.2 Å². The summed E-state index contributed by atoms with van der Waals surface area (Å²) in [7, 11) is 0. The maximum atomic E-state index is 12.7. The molecule has 1 aromatic carbocycles. The fourth-order valence-electron chi connectivity index (χ4n) is 3.62. The molecule has 0 aliphatic carbocycles. The highest BCUT2D eigenvalue weighted by Crippen LogP contribution is 2.33. The Balaban J connectivity index is 1.57. The highest BCUT2D eigenvalue weighted by atomic mass is 16.2. The van der Waals surface area contributed by atoms with Crippen molar-refractivity contribution in [1.29, 1.82) is 0 Å². The van der Waals surface area contributed by atoms with Crippen LogP contribution in [0.25, 0.3) is 11.1 Å². The molecule has 3 aromatic rings. The van der Waals surface area contributed by atoms with Gasteiger partial charge in [-0.2, -0.15) is 5.10 Å². The summed E-state index contributed by atoms with van der Waals surface area (Å²) >= 11 is 0. The van der Waals surface area contributed by atoms with Crippen molar-refractivity contribution in [3.05, 3.63) is 71.8 Å². The van der Waals surface area contributed by atoms with Crippen LogP contribution in [-0.2, 0) is 0 Å². The average molecular weight is 346 g/mol. The molecule has 132 valence electrons. The monoisotopic (exact) mass is 346 g/mol. The molecule has 2 aromatic heterocycles. The second-order valence-electron chi connectivity index (χ2n) is 6.87. The molecule has 1 saturated heterocycles. The topological polar surface area (TPSA) is 61.9 Å². The fraction of sp³-hybridized carbons (Fsp3) is 0.286. The van der Waals surface area contributed by atoms with Crippen LogP contribution in [0.2, 0.25) is 0 Å². The molecule has 1 N–H and O–H groups in total. The molecular formula is C21H22N4O. The summed E-state index contributed by atoms with van der Waals surface area (Å²) in [5.41, 5.74) is 5.15. The SMILES string of the molecule is Cc1ccc(-c2cn[nH]c2C2CCCN(C(=O)c3ccccn3)C2)cc1. The van der Waals surface area contributed by atoms with E-state index in [1.807, 2.05) is 23.2 Å². The third kappa shape index (κ3) is 3.25. The lowest BCUT2D eigenvalue weighted by molar-refractivity contribution is 0.0700. The van der Waals surface area contributed by atoms with E-state index in [-0.39, 0.29) is 11.8 Å². The molecule has 0 bridgehead atoms. The van der Waals surface area contributed by atoms with Gasteiger partial charge in [0.25, 0.3) is 5.91 Å². The number of aromatic nitrogens is 3. The van der Waals surface area contributed by atoms with Gasteiger partial charge in [0.2, 0.25) is 0 Å². The summed E-state index contributed by atoms with van der Waals surface area (Å²) in [6, 6.07) is 13.9. The Morgan fingerprint density at radius 3 is 2.81 bits per heavy atom.